The normalized spacial score (nSPS) is 32.4. The first-order chi connectivity index (χ1) is 12.5. The second-order valence-electron chi connectivity index (χ2n) is 8.36. The molecule has 0 heterocycles. The fourth-order valence-corrected chi connectivity index (χ4v) is 5.82. The van der Waals surface area contributed by atoms with Crippen LogP contribution in [0.3, 0.4) is 0 Å². The van der Waals surface area contributed by atoms with Crippen molar-refractivity contribution in [2.24, 2.45) is 17.3 Å². The summed E-state index contributed by atoms with van der Waals surface area (Å²) in [6, 6.07) is 3.96. The molecule has 0 radical (unpaired) electrons. The van der Waals surface area contributed by atoms with Crippen molar-refractivity contribution in [3.63, 3.8) is 0 Å². The van der Waals surface area contributed by atoms with E-state index >= 15 is 0 Å². The van der Waals surface area contributed by atoms with E-state index in [1.165, 1.54) is 11.1 Å². The molecule has 1 aromatic rings. The number of rotatable bonds is 3. The van der Waals surface area contributed by atoms with Crippen LogP contribution in [-0.4, -0.2) is 18.9 Å². The number of hydrogen-bond acceptors (Lipinski definition) is 4. The summed E-state index contributed by atoms with van der Waals surface area (Å²) in [6.45, 7) is 4.00. The molecule has 0 spiro atoms. The number of Topliss-reactive ketones (excluding diaryl/α,β-unsaturated/α-hetero) is 1. The van der Waals surface area contributed by atoms with E-state index in [9.17, 15) is 9.59 Å². The van der Waals surface area contributed by atoms with Gasteiger partial charge in [0.1, 0.15) is 17.3 Å². The van der Waals surface area contributed by atoms with Gasteiger partial charge < -0.3 is 9.47 Å². The number of ketones is 1. The number of benzene rings is 1. The maximum absolute atomic E-state index is 12.5. The van der Waals surface area contributed by atoms with Gasteiger partial charge in [-0.3, -0.25) is 9.59 Å². The van der Waals surface area contributed by atoms with Crippen LogP contribution in [0.25, 0.3) is 0 Å². The summed E-state index contributed by atoms with van der Waals surface area (Å²) >= 11 is 0. The Kier molecular flexibility index (Phi) is 4.32. The van der Waals surface area contributed by atoms with Gasteiger partial charge in [0.2, 0.25) is 0 Å². The third kappa shape index (κ3) is 2.57. The van der Waals surface area contributed by atoms with Gasteiger partial charge in [-0.05, 0) is 61.5 Å². The van der Waals surface area contributed by atoms with Gasteiger partial charge in [-0.15, -0.1) is 0 Å². The van der Waals surface area contributed by atoms with Crippen LogP contribution >= 0.6 is 0 Å². The summed E-state index contributed by atoms with van der Waals surface area (Å²) < 4.78 is 11.2. The van der Waals surface area contributed by atoms with Gasteiger partial charge in [0.25, 0.3) is 0 Å². The zero-order valence-corrected chi connectivity index (χ0v) is 16.0. The minimum absolute atomic E-state index is 0.134. The minimum Gasteiger partial charge on any atom is -0.497 e. The number of carbonyl (C=O) groups excluding carboxylic acids is 2. The lowest BCUT2D eigenvalue weighted by molar-refractivity contribution is -0.134. The molecule has 3 aliphatic rings. The van der Waals surface area contributed by atoms with Crippen molar-refractivity contribution in [2.45, 2.75) is 64.7 Å². The molecule has 140 valence electrons. The van der Waals surface area contributed by atoms with Crippen LogP contribution in [-0.2, 0) is 16.0 Å². The predicted molar refractivity (Wildman–Crippen MR) is 98.5 cm³/mol. The molecule has 2 saturated carbocycles. The van der Waals surface area contributed by atoms with Crippen LogP contribution in [0.2, 0.25) is 0 Å². The average molecular weight is 356 g/mol. The van der Waals surface area contributed by atoms with Crippen LogP contribution in [0.4, 0.5) is 0 Å². The number of hydrogen-bond donors (Lipinski definition) is 0. The van der Waals surface area contributed by atoms with Crippen molar-refractivity contribution in [3.8, 4) is 11.5 Å². The predicted octanol–water partition coefficient (Wildman–Crippen LogP) is 4.44. The summed E-state index contributed by atoms with van der Waals surface area (Å²) in [5.74, 6) is 3.04. The molecule has 1 aromatic carbocycles. The molecule has 0 aliphatic heterocycles. The largest absolute Gasteiger partial charge is 0.497 e. The molecule has 0 bridgehead atoms. The van der Waals surface area contributed by atoms with Crippen LogP contribution in [0, 0.1) is 17.3 Å². The summed E-state index contributed by atoms with van der Waals surface area (Å²) in [6.07, 6.45) is 6.13. The number of methoxy groups -OCH3 is 1. The summed E-state index contributed by atoms with van der Waals surface area (Å²) in [7, 11) is 1.65. The van der Waals surface area contributed by atoms with E-state index < -0.39 is 0 Å². The van der Waals surface area contributed by atoms with Gasteiger partial charge in [-0.1, -0.05) is 13.8 Å². The molecule has 2 fully saturated rings. The van der Waals surface area contributed by atoms with Crippen LogP contribution < -0.4 is 9.47 Å². The lowest BCUT2D eigenvalue weighted by Crippen LogP contribution is -2.42. The summed E-state index contributed by atoms with van der Waals surface area (Å²) in [5, 5.41) is 0. The lowest BCUT2D eigenvalue weighted by Gasteiger charge is -2.48. The van der Waals surface area contributed by atoms with E-state index in [-0.39, 0.29) is 11.4 Å². The highest BCUT2D eigenvalue weighted by Gasteiger charge is 2.55. The first-order valence-corrected chi connectivity index (χ1v) is 9.92. The number of carbonyl (C=O) groups is 2. The van der Waals surface area contributed by atoms with Gasteiger partial charge in [-0.2, -0.15) is 0 Å². The topological polar surface area (TPSA) is 52.6 Å². The molecule has 3 aliphatic carbocycles. The van der Waals surface area contributed by atoms with E-state index in [0.717, 1.165) is 44.3 Å². The molecule has 4 heteroatoms. The van der Waals surface area contributed by atoms with Gasteiger partial charge in [0.05, 0.1) is 7.11 Å². The smallest absolute Gasteiger partial charge is 0.310 e. The summed E-state index contributed by atoms with van der Waals surface area (Å²) in [5.41, 5.74) is 2.31. The Morgan fingerprint density at radius 3 is 2.77 bits per heavy atom. The number of fused-ring (bicyclic) bond motifs is 5. The Hall–Kier alpha value is -1.84. The maximum Gasteiger partial charge on any atom is 0.310 e. The van der Waals surface area contributed by atoms with Gasteiger partial charge >= 0.3 is 5.97 Å². The van der Waals surface area contributed by atoms with E-state index in [1.807, 2.05) is 13.0 Å². The minimum atomic E-state index is -0.209. The van der Waals surface area contributed by atoms with Gasteiger partial charge in [-0.25, -0.2) is 0 Å². The van der Waals surface area contributed by atoms with Crippen molar-refractivity contribution in [2.75, 3.05) is 7.11 Å². The Bertz CT molecular complexity index is 753. The van der Waals surface area contributed by atoms with Crippen LogP contribution in [0.5, 0.6) is 11.5 Å². The number of ether oxygens (including phenoxy) is 2. The molecule has 0 N–H and O–H groups in total. The maximum atomic E-state index is 12.5. The van der Waals surface area contributed by atoms with Crippen molar-refractivity contribution in [1.82, 2.24) is 0 Å². The summed E-state index contributed by atoms with van der Waals surface area (Å²) in [4.78, 5) is 24.5. The SMILES string of the molecule is CCC(=O)Oc1cc(OC)cc2c1[C@H]1CC[C@]3(C)C(=O)CC[C@H]3[C@@H]1CC2. The Balaban J connectivity index is 1.75. The molecule has 0 amide bonds. The Labute approximate surface area is 155 Å². The molecule has 4 nitrogen and oxygen atoms in total. The van der Waals surface area contributed by atoms with Crippen molar-refractivity contribution in [1.29, 1.82) is 0 Å². The fraction of sp³-hybridized carbons (Fsp3) is 0.636. The van der Waals surface area contributed by atoms with Gasteiger partial charge in [0.15, 0.2) is 0 Å². The Morgan fingerprint density at radius 1 is 1.23 bits per heavy atom. The van der Waals surface area contributed by atoms with Crippen LogP contribution in [0.1, 0.15) is 69.4 Å². The van der Waals surface area contributed by atoms with E-state index in [0.29, 0.717) is 35.7 Å². The molecular weight excluding hydrogens is 328 g/mol. The average Bonchev–Trinajstić information content (AvgIpc) is 2.96. The highest BCUT2D eigenvalue weighted by atomic mass is 16.5. The lowest BCUT2D eigenvalue weighted by atomic mass is 9.55. The van der Waals surface area contributed by atoms with Crippen molar-refractivity contribution in [3.05, 3.63) is 23.3 Å². The monoisotopic (exact) mass is 356 g/mol. The fourth-order valence-electron chi connectivity index (χ4n) is 5.82. The zero-order valence-electron chi connectivity index (χ0n) is 16.0. The molecule has 0 aromatic heterocycles. The number of aryl methyl sites for hydroxylation is 1. The third-order valence-electron chi connectivity index (χ3n) is 7.21. The van der Waals surface area contributed by atoms with Gasteiger partial charge in [0, 0.05) is 29.9 Å². The quantitative estimate of drug-likeness (QED) is 0.594. The van der Waals surface area contributed by atoms with E-state index in [1.54, 1.807) is 7.11 Å². The zero-order chi connectivity index (χ0) is 18.5. The molecule has 0 saturated heterocycles. The first kappa shape index (κ1) is 17.6. The Morgan fingerprint density at radius 2 is 2.04 bits per heavy atom. The highest BCUT2D eigenvalue weighted by Crippen LogP contribution is 2.60. The second kappa shape index (κ2) is 6.40. The molecule has 4 rings (SSSR count). The second-order valence-corrected chi connectivity index (χ2v) is 8.36. The molecule has 26 heavy (non-hydrogen) atoms. The molecule has 4 atom stereocenters. The van der Waals surface area contributed by atoms with Crippen molar-refractivity contribution >= 4 is 11.8 Å². The van der Waals surface area contributed by atoms with E-state index in [4.69, 9.17) is 9.47 Å². The first-order valence-electron chi connectivity index (χ1n) is 9.92. The standard InChI is InChI=1S/C22H28O4/c1-4-20(24)26-18-12-14(25-3)11-13-5-6-15-16(21(13)18)9-10-22(2)17(15)7-8-19(22)23/h11-12,15-17H,4-10H2,1-3H3/t15-,16+,17+,22+/m1/s1. The molecular formula is C22H28O4. The van der Waals surface area contributed by atoms with Crippen molar-refractivity contribution < 1.29 is 19.1 Å². The number of esters is 1. The van der Waals surface area contributed by atoms with E-state index in [2.05, 4.69) is 13.0 Å². The third-order valence-corrected chi connectivity index (χ3v) is 7.21. The highest BCUT2D eigenvalue weighted by molar-refractivity contribution is 5.87. The molecule has 0 unspecified atom stereocenters. The van der Waals surface area contributed by atoms with Crippen LogP contribution in [0.15, 0.2) is 12.1 Å².